The predicted molar refractivity (Wildman–Crippen MR) is 59.5 cm³/mol. The summed E-state index contributed by atoms with van der Waals surface area (Å²) in [7, 11) is 0. The van der Waals surface area contributed by atoms with Crippen LogP contribution in [0.4, 0.5) is 0 Å². The molecule has 0 aliphatic carbocycles. The van der Waals surface area contributed by atoms with E-state index in [-0.39, 0.29) is 25.0 Å². The van der Waals surface area contributed by atoms with E-state index in [1.54, 1.807) is 13.0 Å². The molecule has 0 aromatic rings. The summed E-state index contributed by atoms with van der Waals surface area (Å²) in [5.74, 6) is -0.0798. The molecular weight excluding hydrogens is 194 g/mol. The Kier molecular flexibility index (Phi) is 7.95. The Morgan fingerprint density at radius 2 is 2.33 bits per heavy atom. The Morgan fingerprint density at radius 3 is 2.80 bits per heavy atom. The maximum absolute atomic E-state index is 11.2. The lowest BCUT2D eigenvalue weighted by molar-refractivity contribution is -0.144. The van der Waals surface area contributed by atoms with Gasteiger partial charge in [0.2, 0.25) is 0 Å². The minimum Gasteiger partial charge on any atom is -0.465 e. The second kappa shape index (κ2) is 8.44. The lowest BCUT2D eigenvalue weighted by Crippen LogP contribution is -2.35. The van der Waals surface area contributed by atoms with Gasteiger partial charge < -0.3 is 9.84 Å². The molecule has 0 saturated heterocycles. The van der Waals surface area contributed by atoms with Gasteiger partial charge >= 0.3 is 5.97 Å². The van der Waals surface area contributed by atoms with Gasteiger partial charge in [0.1, 0.15) is 0 Å². The van der Waals surface area contributed by atoms with E-state index in [1.165, 1.54) is 0 Å². The SMILES string of the molecule is C=CCN(CC(=O)OCC)CC(C)CO. The highest BCUT2D eigenvalue weighted by atomic mass is 16.5. The predicted octanol–water partition coefficient (Wildman–Crippen LogP) is 0.666. The van der Waals surface area contributed by atoms with E-state index in [2.05, 4.69) is 6.58 Å². The van der Waals surface area contributed by atoms with E-state index in [0.29, 0.717) is 19.7 Å². The first-order chi connectivity index (χ1) is 7.13. The molecule has 0 aliphatic heterocycles. The molecule has 4 heteroatoms. The number of rotatable bonds is 8. The molecule has 1 N–H and O–H groups in total. The van der Waals surface area contributed by atoms with Crippen LogP contribution < -0.4 is 0 Å². The van der Waals surface area contributed by atoms with Gasteiger partial charge in [0.25, 0.3) is 0 Å². The minimum absolute atomic E-state index is 0.121. The molecule has 1 atom stereocenters. The van der Waals surface area contributed by atoms with E-state index in [1.807, 2.05) is 11.8 Å². The number of carbonyl (C=O) groups is 1. The summed E-state index contributed by atoms with van der Waals surface area (Å²) in [4.78, 5) is 13.1. The molecular formula is C11H21NO3. The van der Waals surface area contributed by atoms with Crippen molar-refractivity contribution >= 4 is 5.97 Å². The van der Waals surface area contributed by atoms with Crippen LogP contribution in [0.25, 0.3) is 0 Å². The maximum Gasteiger partial charge on any atom is 0.320 e. The van der Waals surface area contributed by atoms with E-state index < -0.39 is 0 Å². The van der Waals surface area contributed by atoms with Gasteiger partial charge in [-0.05, 0) is 12.8 Å². The van der Waals surface area contributed by atoms with Crippen LogP contribution in [0.5, 0.6) is 0 Å². The van der Waals surface area contributed by atoms with Crippen molar-refractivity contribution in [2.45, 2.75) is 13.8 Å². The monoisotopic (exact) mass is 215 g/mol. The summed E-state index contributed by atoms with van der Waals surface area (Å²) in [6, 6.07) is 0. The van der Waals surface area contributed by atoms with Crippen molar-refractivity contribution in [2.75, 3.05) is 32.8 Å². The molecule has 0 fully saturated rings. The summed E-state index contributed by atoms with van der Waals surface area (Å²) >= 11 is 0. The lowest BCUT2D eigenvalue weighted by Gasteiger charge is -2.22. The zero-order valence-corrected chi connectivity index (χ0v) is 9.61. The van der Waals surface area contributed by atoms with Gasteiger partial charge in [0.05, 0.1) is 13.2 Å². The van der Waals surface area contributed by atoms with Crippen LogP contribution in [0, 0.1) is 5.92 Å². The molecule has 0 aromatic carbocycles. The molecule has 0 amide bonds. The lowest BCUT2D eigenvalue weighted by atomic mass is 10.2. The quantitative estimate of drug-likeness (QED) is 0.477. The van der Waals surface area contributed by atoms with Crippen LogP contribution >= 0.6 is 0 Å². The van der Waals surface area contributed by atoms with Crippen LogP contribution in [0.3, 0.4) is 0 Å². The number of esters is 1. The van der Waals surface area contributed by atoms with E-state index >= 15 is 0 Å². The van der Waals surface area contributed by atoms with Crippen LogP contribution in [-0.4, -0.2) is 48.8 Å². The van der Waals surface area contributed by atoms with Gasteiger partial charge in [-0.3, -0.25) is 9.69 Å². The molecule has 0 radical (unpaired) electrons. The van der Waals surface area contributed by atoms with Gasteiger partial charge in [-0.25, -0.2) is 0 Å². The Bertz CT molecular complexity index is 194. The van der Waals surface area contributed by atoms with E-state index in [4.69, 9.17) is 9.84 Å². The second-order valence-corrected chi connectivity index (χ2v) is 3.58. The summed E-state index contributed by atoms with van der Waals surface area (Å²) < 4.78 is 4.86. The summed E-state index contributed by atoms with van der Waals surface area (Å²) in [5.41, 5.74) is 0. The molecule has 0 saturated carbocycles. The molecule has 0 rings (SSSR count). The number of nitrogens with zero attached hydrogens (tertiary/aromatic N) is 1. The zero-order valence-electron chi connectivity index (χ0n) is 9.61. The van der Waals surface area contributed by atoms with Crippen LogP contribution in [-0.2, 0) is 9.53 Å². The van der Waals surface area contributed by atoms with Crippen molar-refractivity contribution in [2.24, 2.45) is 5.92 Å². The molecule has 0 heterocycles. The summed E-state index contributed by atoms with van der Waals surface area (Å²) in [6.45, 7) is 9.42. The topological polar surface area (TPSA) is 49.8 Å². The molecule has 15 heavy (non-hydrogen) atoms. The van der Waals surface area contributed by atoms with Crippen LogP contribution in [0.1, 0.15) is 13.8 Å². The van der Waals surface area contributed by atoms with Gasteiger partial charge in [-0.15, -0.1) is 6.58 Å². The van der Waals surface area contributed by atoms with Crippen molar-refractivity contribution in [3.8, 4) is 0 Å². The van der Waals surface area contributed by atoms with Crippen molar-refractivity contribution in [3.05, 3.63) is 12.7 Å². The first kappa shape index (κ1) is 14.1. The van der Waals surface area contributed by atoms with Crippen molar-refractivity contribution in [1.82, 2.24) is 4.90 Å². The van der Waals surface area contributed by atoms with Crippen molar-refractivity contribution in [1.29, 1.82) is 0 Å². The smallest absolute Gasteiger partial charge is 0.320 e. The largest absolute Gasteiger partial charge is 0.465 e. The standard InChI is InChI=1S/C11H21NO3/c1-4-6-12(7-10(3)9-13)8-11(14)15-5-2/h4,10,13H,1,5-9H2,2-3H3. The fourth-order valence-electron chi connectivity index (χ4n) is 1.27. The highest BCUT2D eigenvalue weighted by molar-refractivity contribution is 5.71. The Morgan fingerprint density at radius 1 is 1.67 bits per heavy atom. The van der Waals surface area contributed by atoms with Gasteiger partial charge in [-0.2, -0.15) is 0 Å². The summed E-state index contributed by atoms with van der Waals surface area (Å²) in [5, 5.41) is 8.92. The molecule has 88 valence electrons. The molecule has 0 aromatic heterocycles. The molecule has 4 nitrogen and oxygen atoms in total. The first-order valence-corrected chi connectivity index (χ1v) is 5.23. The third kappa shape index (κ3) is 7.11. The molecule has 1 unspecified atom stereocenters. The molecule has 0 spiro atoms. The van der Waals surface area contributed by atoms with Crippen molar-refractivity contribution in [3.63, 3.8) is 0 Å². The Labute approximate surface area is 91.5 Å². The summed E-state index contributed by atoms with van der Waals surface area (Å²) in [6.07, 6.45) is 1.74. The average molecular weight is 215 g/mol. The maximum atomic E-state index is 11.2. The normalized spacial score (nSPS) is 12.5. The second-order valence-electron chi connectivity index (χ2n) is 3.58. The molecule has 0 bridgehead atoms. The Balaban J connectivity index is 4.02. The van der Waals surface area contributed by atoms with Crippen LogP contribution in [0.2, 0.25) is 0 Å². The fourth-order valence-corrected chi connectivity index (χ4v) is 1.27. The highest BCUT2D eigenvalue weighted by Gasteiger charge is 2.12. The third-order valence-electron chi connectivity index (χ3n) is 1.93. The number of hydrogen-bond acceptors (Lipinski definition) is 4. The third-order valence-corrected chi connectivity index (χ3v) is 1.93. The van der Waals surface area contributed by atoms with Gasteiger partial charge in [0, 0.05) is 19.7 Å². The van der Waals surface area contributed by atoms with Gasteiger partial charge in [-0.1, -0.05) is 13.0 Å². The Hall–Kier alpha value is -0.870. The number of hydrogen-bond donors (Lipinski definition) is 1. The number of ether oxygens (including phenoxy) is 1. The van der Waals surface area contributed by atoms with E-state index in [0.717, 1.165) is 0 Å². The van der Waals surface area contributed by atoms with Crippen molar-refractivity contribution < 1.29 is 14.6 Å². The first-order valence-electron chi connectivity index (χ1n) is 5.23. The number of aliphatic hydroxyl groups excluding tert-OH is 1. The minimum atomic E-state index is -0.232. The van der Waals surface area contributed by atoms with Crippen LogP contribution in [0.15, 0.2) is 12.7 Å². The fraction of sp³-hybridized carbons (Fsp3) is 0.727. The zero-order chi connectivity index (χ0) is 11.7. The number of carbonyl (C=O) groups excluding carboxylic acids is 1. The average Bonchev–Trinajstić information content (AvgIpc) is 2.18. The number of aliphatic hydroxyl groups is 1. The highest BCUT2D eigenvalue weighted by Crippen LogP contribution is 1.99. The molecule has 0 aliphatic rings. The van der Waals surface area contributed by atoms with Gasteiger partial charge in [0.15, 0.2) is 0 Å². The van der Waals surface area contributed by atoms with E-state index in [9.17, 15) is 4.79 Å².